The van der Waals surface area contributed by atoms with Gasteiger partial charge in [-0.2, -0.15) is 0 Å². The fourth-order valence-corrected chi connectivity index (χ4v) is 2.86. The van der Waals surface area contributed by atoms with Crippen LogP contribution < -0.4 is 9.47 Å². The van der Waals surface area contributed by atoms with Crippen LogP contribution in [-0.4, -0.2) is 56.8 Å². The summed E-state index contributed by atoms with van der Waals surface area (Å²) in [7, 11) is 2.34. The molecule has 2 rings (SSSR count). The summed E-state index contributed by atoms with van der Waals surface area (Å²) in [6, 6.07) is 2.24. The van der Waals surface area contributed by atoms with E-state index in [-0.39, 0.29) is 28.0 Å². The number of carbonyl (C=O) groups is 2. The molecule has 2 aromatic carbocycles. The van der Waals surface area contributed by atoms with Crippen molar-refractivity contribution in [3.8, 4) is 45.6 Å². The van der Waals surface area contributed by atoms with Crippen LogP contribution in [0.5, 0.6) is 34.5 Å². The first-order chi connectivity index (χ1) is 13.1. The largest absolute Gasteiger partial charge is 0.504 e. The molecule has 0 aliphatic heterocycles. The average molecular weight is 394 g/mol. The van der Waals surface area contributed by atoms with Crippen molar-refractivity contribution in [2.45, 2.75) is 12.8 Å². The van der Waals surface area contributed by atoms with Gasteiger partial charge in [-0.3, -0.25) is 9.59 Å². The van der Waals surface area contributed by atoms with Crippen LogP contribution in [0.1, 0.15) is 11.1 Å². The van der Waals surface area contributed by atoms with Crippen LogP contribution in [0.3, 0.4) is 0 Å². The highest BCUT2D eigenvalue weighted by Crippen LogP contribution is 2.53. The van der Waals surface area contributed by atoms with Gasteiger partial charge in [0.1, 0.15) is 0 Å². The minimum absolute atomic E-state index is 0.0352. The van der Waals surface area contributed by atoms with E-state index in [1.165, 1.54) is 13.2 Å². The lowest BCUT2D eigenvalue weighted by Crippen LogP contribution is -2.07. The van der Waals surface area contributed by atoms with E-state index in [0.717, 1.165) is 13.2 Å². The lowest BCUT2D eigenvalue weighted by Gasteiger charge is -2.20. The number of carboxylic acids is 2. The SMILES string of the molecule is COc1cc(CC(=O)O)c(-c2c(O)c(O)c(OC)c(O)c2CC(=O)O)cc1O. The Bertz CT molecular complexity index is 948. The Morgan fingerprint density at radius 3 is 1.96 bits per heavy atom. The average Bonchev–Trinajstić information content (AvgIpc) is 2.61. The van der Waals surface area contributed by atoms with Gasteiger partial charge >= 0.3 is 11.9 Å². The summed E-state index contributed by atoms with van der Waals surface area (Å²) in [5.74, 6) is -6.12. The van der Waals surface area contributed by atoms with Crippen LogP contribution >= 0.6 is 0 Å². The Labute approximate surface area is 158 Å². The Morgan fingerprint density at radius 2 is 1.46 bits per heavy atom. The van der Waals surface area contributed by atoms with Gasteiger partial charge < -0.3 is 40.1 Å². The summed E-state index contributed by atoms with van der Waals surface area (Å²) >= 11 is 0. The van der Waals surface area contributed by atoms with Crippen LogP contribution in [0.15, 0.2) is 12.1 Å². The molecule has 0 heterocycles. The number of benzene rings is 2. The monoisotopic (exact) mass is 394 g/mol. The van der Waals surface area contributed by atoms with E-state index < -0.39 is 53.5 Å². The molecule has 0 aliphatic rings. The zero-order valence-corrected chi connectivity index (χ0v) is 14.9. The van der Waals surface area contributed by atoms with Gasteiger partial charge in [0.2, 0.25) is 11.5 Å². The van der Waals surface area contributed by atoms with E-state index in [1.807, 2.05) is 0 Å². The molecule has 10 nitrogen and oxygen atoms in total. The zero-order chi connectivity index (χ0) is 21.2. The molecule has 0 radical (unpaired) electrons. The molecular weight excluding hydrogens is 376 g/mol. The molecule has 0 atom stereocenters. The van der Waals surface area contributed by atoms with Crippen molar-refractivity contribution in [1.82, 2.24) is 0 Å². The van der Waals surface area contributed by atoms with Gasteiger partial charge in [-0.15, -0.1) is 0 Å². The van der Waals surface area contributed by atoms with Crippen LogP contribution in [-0.2, 0) is 22.4 Å². The second-order valence-electron chi connectivity index (χ2n) is 5.75. The number of aliphatic carboxylic acids is 2. The van der Waals surface area contributed by atoms with Crippen molar-refractivity contribution in [2.24, 2.45) is 0 Å². The summed E-state index contributed by atoms with van der Waals surface area (Å²) in [5.41, 5.74) is -0.765. The summed E-state index contributed by atoms with van der Waals surface area (Å²) in [4.78, 5) is 22.5. The molecule has 0 unspecified atom stereocenters. The van der Waals surface area contributed by atoms with Crippen molar-refractivity contribution in [2.75, 3.05) is 14.2 Å². The normalized spacial score (nSPS) is 10.5. The molecule has 0 aliphatic carbocycles. The molecule has 0 bridgehead atoms. The van der Waals surface area contributed by atoms with Gasteiger partial charge in [-0.05, 0) is 23.3 Å². The molecule has 28 heavy (non-hydrogen) atoms. The molecule has 0 spiro atoms. The maximum atomic E-state index is 11.3. The third-order valence-corrected chi connectivity index (χ3v) is 4.03. The van der Waals surface area contributed by atoms with Crippen LogP contribution in [0, 0.1) is 0 Å². The maximum absolute atomic E-state index is 11.3. The van der Waals surface area contributed by atoms with Gasteiger partial charge in [0.05, 0.1) is 27.1 Å². The minimum Gasteiger partial charge on any atom is -0.504 e. The number of aromatic hydroxyl groups is 4. The quantitative estimate of drug-likeness (QED) is 0.298. The van der Waals surface area contributed by atoms with Crippen molar-refractivity contribution >= 4 is 11.9 Å². The van der Waals surface area contributed by atoms with Crippen LogP contribution in [0.4, 0.5) is 0 Å². The number of phenols is 4. The van der Waals surface area contributed by atoms with Crippen molar-refractivity contribution in [3.63, 3.8) is 0 Å². The number of hydrogen-bond donors (Lipinski definition) is 6. The van der Waals surface area contributed by atoms with Gasteiger partial charge in [0.15, 0.2) is 23.0 Å². The minimum atomic E-state index is -1.37. The highest BCUT2D eigenvalue weighted by Gasteiger charge is 2.29. The molecule has 0 aromatic heterocycles. The van der Waals surface area contributed by atoms with Crippen molar-refractivity contribution < 1.29 is 49.7 Å². The highest BCUT2D eigenvalue weighted by molar-refractivity contribution is 5.89. The summed E-state index contributed by atoms with van der Waals surface area (Å²) in [6.45, 7) is 0. The molecule has 0 saturated carbocycles. The molecule has 6 N–H and O–H groups in total. The topological polar surface area (TPSA) is 174 Å². The molecule has 150 valence electrons. The summed E-state index contributed by atoms with van der Waals surface area (Å²) < 4.78 is 9.76. The Balaban J connectivity index is 2.95. The first-order valence-electron chi connectivity index (χ1n) is 7.79. The lowest BCUT2D eigenvalue weighted by atomic mass is 9.90. The van der Waals surface area contributed by atoms with E-state index in [2.05, 4.69) is 0 Å². The second-order valence-corrected chi connectivity index (χ2v) is 5.75. The molecular formula is C18H18O10. The number of ether oxygens (including phenoxy) is 2. The number of phenolic OH excluding ortho intramolecular Hbond substituents is 4. The lowest BCUT2D eigenvalue weighted by molar-refractivity contribution is -0.137. The predicted molar refractivity (Wildman–Crippen MR) is 94.3 cm³/mol. The Morgan fingerprint density at radius 1 is 0.857 bits per heavy atom. The fourth-order valence-electron chi connectivity index (χ4n) is 2.86. The van der Waals surface area contributed by atoms with Gasteiger partial charge in [-0.25, -0.2) is 0 Å². The Kier molecular flexibility index (Phi) is 5.73. The second kappa shape index (κ2) is 7.82. The highest BCUT2D eigenvalue weighted by atomic mass is 16.5. The number of carboxylic acid groups (broad SMARTS) is 2. The molecule has 0 amide bonds. The molecule has 2 aromatic rings. The molecule has 10 heteroatoms. The van der Waals surface area contributed by atoms with E-state index in [4.69, 9.17) is 14.6 Å². The third-order valence-electron chi connectivity index (χ3n) is 4.03. The standard InChI is InChI=1S/C18H18O10/c1-27-11-3-7(4-12(20)21)8(5-10(11)19)14-9(6-13(22)23)15(24)18(28-2)17(26)16(14)25/h3,5,19,24-26H,4,6H2,1-2H3,(H,20,21)(H,22,23). The summed E-state index contributed by atoms with van der Waals surface area (Å²) in [5, 5.41) is 59.4. The Hall–Kier alpha value is -3.82. The molecule has 0 fully saturated rings. The van der Waals surface area contributed by atoms with E-state index in [0.29, 0.717) is 0 Å². The van der Waals surface area contributed by atoms with E-state index in [9.17, 15) is 35.1 Å². The van der Waals surface area contributed by atoms with Crippen LogP contribution in [0.2, 0.25) is 0 Å². The number of hydrogen-bond acceptors (Lipinski definition) is 8. The molecule has 0 saturated heterocycles. The summed E-state index contributed by atoms with van der Waals surface area (Å²) in [6.07, 6.45) is -1.36. The third kappa shape index (κ3) is 3.65. The zero-order valence-electron chi connectivity index (χ0n) is 14.9. The van der Waals surface area contributed by atoms with Crippen LogP contribution in [0.25, 0.3) is 11.1 Å². The first-order valence-corrected chi connectivity index (χ1v) is 7.79. The van der Waals surface area contributed by atoms with Gasteiger partial charge in [-0.1, -0.05) is 0 Å². The number of methoxy groups -OCH3 is 2. The van der Waals surface area contributed by atoms with E-state index in [1.54, 1.807) is 0 Å². The number of rotatable bonds is 7. The van der Waals surface area contributed by atoms with Crippen molar-refractivity contribution in [1.29, 1.82) is 0 Å². The fraction of sp³-hybridized carbons (Fsp3) is 0.222. The van der Waals surface area contributed by atoms with Crippen molar-refractivity contribution in [3.05, 3.63) is 23.3 Å². The van der Waals surface area contributed by atoms with Gasteiger partial charge in [0.25, 0.3) is 0 Å². The van der Waals surface area contributed by atoms with E-state index >= 15 is 0 Å². The predicted octanol–water partition coefficient (Wildman–Crippen LogP) is 1.45. The smallest absolute Gasteiger partial charge is 0.307 e. The van der Waals surface area contributed by atoms with Gasteiger partial charge in [0, 0.05) is 11.1 Å². The maximum Gasteiger partial charge on any atom is 0.307 e. The first kappa shape index (κ1) is 20.5.